The highest BCUT2D eigenvalue weighted by atomic mass is 19.1. The lowest BCUT2D eigenvalue weighted by atomic mass is 10.0. The molecule has 4 heterocycles. The maximum absolute atomic E-state index is 15.3. The Morgan fingerprint density at radius 1 is 1.09 bits per heavy atom. The molecule has 0 unspecified atom stereocenters. The number of aliphatic hydroxyl groups is 1. The summed E-state index contributed by atoms with van der Waals surface area (Å²) in [5.74, 6) is -1.45. The minimum absolute atomic E-state index is 0.0792. The Balaban J connectivity index is 1.09. The molecule has 46 heavy (non-hydrogen) atoms. The zero-order valence-corrected chi connectivity index (χ0v) is 25.3. The highest BCUT2D eigenvalue weighted by Crippen LogP contribution is 2.32. The van der Waals surface area contributed by atoms with E-state index in [0.29, 0.717) is 6.04 Å². The first-order chi connectivity index (χ1) is 22.4. The first kappa shape index (κ1) is 31.5. The topological polar surface area (TPSA) is 140 Å². The van der Waals surface area contributed by atoms with Crippen LogP contribution in [0.25, 0.3) is 11.4 Å². The van der Waals surface area contributed by atoms with E-state index in [0.717, 1.165) is 69.7 Å². The van der Waals surface area contributed by atoms with Gasteiger partial charge in [-0.1, -0.05) is 0 Å². The van der Waals surface area contributed by atoms with E-state index in [2.05, 4.69) is 42.2 Å². The number of aliphatic hydroxyl groups excluding tert-OH is 1. The van der Waals surface area contributed by atoms with Crippen molar-refractivity contribution in [3.63, 3.8) is 0 Å². The number of anilines is 3. The van der Waals surface area contributed by atoms with Crippen LogP contribution >= 0.6 is 0 Å². The predicted molar refractivity (Wildman–Crippen MR) is 165 cm³/mol. The van der Waals surface area contributed by atoms with Gasteiger partial charge in [0, 0.05) is 62.1 Å². The number of hydrogen-bond donors (Lipinski definition) is 2. The molecule has 6 rings (SSSR count). The van der Waals surface area contributed by atoms with Gasteiger partial charge < -0.3 is 29.7 Å². The van der Waals surface area contributed by atoms with Gasteiger partial charge in [0.15, 0.2) is 23.6 Å². The molecule has 3 aliphatic heterocycles. The Bertz CT molecular complexity index is 1560. The molecule has 1 amide bonds. The fourth-order valence-electron chi connectivity index (χ4n) is 6.23. The first-order valence-electron chi connectivity index (χ1n) is 15.5. The van der Waals surface area contributed by atoms with Crippen LogP contribution in [0.5, 0.6) is 5.75 Å². The Hall–Kier alpha value is -4.45. The van der Waals surface area contributed by atoms with Crippen LogP contribution in [0.3, 0.4) is 0 Å². The summed E-state index contributed by atoms with van der Waals surface area (Å²) >= 11 is 0. The van der Waals surface area contributed by atoms with Gasteiger partial charge >= 0.3 is 0 Å². The van der Waals surface area contributed by atoms with E-state index in [1.165, 1.54) is 17.3 Å². The van der Waals surface area contributed by atoms with Crippen molar-refractivity contribution in [2.75, 3.05) is 69.3 Å². The van der Waals surface area contributed by atoms with E-state index in [-0.39, 0.29) is 48.2 Å². The van der Waals surface area contributed by atoms with Crippen molar-refractivity contribution >= 4 is 23.2 Å². The second-order valence-electron chi connectivity index (χ2n) is 11.6. The standard InChI is InChI=1S/C32H36F2N8O4/c33-26-16-21(15-22(17-35)30(26)46-28-7-10-42(18-27(28)34)29(44)19-43)31-36-20-37-32(39-31)38-23-1-3-24(4-2-23)40-8-5-25(6-9-40)41-11-13-45-14-12-41/h1-4,15-16,20,25,27-28,43H,5-14,18-19H2,(H,36,37,38,39)/t27-,28+/m1/s1. The van der Waals surface area contributed by atoms with Crippen molar-refractivity contribution < 1.29 is 28.2 Å². The third-order valence-corrected chi connectivity index (χ3v) is 8.75. The fraction of sp³-hybridized carbons (Fsp3) is 0.469. The van der Waals surface area contributed by atoms with E-state index >= 15 is 4.39 Å². The second-order valence-corrected chi connectivity index (χ2v) is 11.6. The van der Waals surface area contributed by atoms with Gasteiger partial charge in [0.2, 0.25) is 11.9 Å². The van der Waals surface area contributed by atoms with Gasteiger partial charge in [-0.15, -0.1) is 0 Å². The van der Waals surface area contributed by atoms with Crippen LogP contribution in [0.15, 0.2) is 42.7 Å². The third-order valence-electron chi connectivity index (χ3n) is 8.75. The molecule has 3 aliphatic rings. The maximum Gasteiger partial charge on any atom is 0.248 e. The van der Waals surface area contributed by atoms with Crippen LogP contribution in [0.2, 0.25) is 0 Å². The van der Waals surface area contributed by atoms with Crippen molar-refractivity contribution in [2.24, 2.45) is 0 Å². The van der Waals surface area contributed by atoms with E-state index < -0.39 is 30.6 Å². The molecule has 242 valence electrons. The smallest absolute Gasteiger partial charge is 0.248 e. The van der Waals surface area contributed by atoms with E-state index in [4.69, 9.17) is 14.6 Å². The van der Waals surface area contributed by atoms with Crippen molar-refractivity contribution in [3.8, 4) is 23.2 Å². The molecule has 0 spiro atoms. The van der Waals surface area contributed by atoms with E-state index in [1.807, 2.05) is 18.2 Å². The highest BCUT2D eigenvalue weighted by molar-refractivity contribution is 5.77. The van der Waals surface area contributed by atoms with Gasteiger partial charge in [-0.3, -0.25) is 9.69 Å². The predicted octanol–water partition coefficient (Wildman–Crippen LogP) is 2.90. The average Bonchev–Trinajstić information content (AvgIpc) is 3.10. The molecule has 2 atom stereocenters. The molecule has 3 aromatic rings. The number of aromatic nitrogens is 3. The van der Waals surface area contributed by atoms with Crippen LogP contribution < -0.4 is 15.0 Å². The lowest BCUT2D eigenvalue weighted by Gasteiger charge is -2.40. The number of hydrogen-bond acceptors (Lipinski definition) is 11. The monoisotopic (exact) mass is 634 g/mol. The molecule has 2 aromatic carbocycles. The van der Waals surface area contributed by atoms with Gasteiger partial charge in [0.1, 0.15) is 25.1 Å². The molecular weight excluding hydrogens is 598 g/mol. The molecule has 1 aromatic heterocycles. The van der Waals surface area contributed by atoms with Crippen LogP contribution in [0.1, 0.15) is 24.8 Å². The number of nitrogens with one attached hydrogen (secondary N) is 1. The number of likely N-dealkylation sites (tertiary alicyclic amines) is 1. The summed E-state index contributed by atoms with van der Waals surface area (Å²) in [5, 5.41) is 21.9. The number of carbonyl (C=O) groups is 1. The normalized spacial score (nSPS) is 21.1. The fourth-order valence-corrected chi connectivity index (χ4v) is 6.23. The van der Waals surface area contributed by atoms with Gasteiger partial charge in [0.05, 0.1) is 25.3 Å². The largest absolute Gasteiger partial charge is 0.483 e. The second kappa shape index (κ2) is 14.3. The lowest BCUT2D eigenvalue weighted by Crippen LogP contribution is -2.50. The molecular formula is C32H36F2N8O4. The molecule has 0 aliphatic carbocycles. The highest BCUT2D eigenvalue weighted by Gasteiger charge is 2.34. The minimum Gasteiger partial charge on any atom is -0.483 e. The Labute approximate surface area is 265 Å². The van der Waals surface area contributed by atoms with Crippen LogP contribution in [-0.2, 0) is 9.53 Å². The summed E-state index contributed by atoms with van der Waals surface area (Å²) in [6.45, 7) is 4.78. The Morgan fingerprint density at radius 2 is 1.85 bits per heavy atom. The number of ether oxygens (including phenoxy) is 2. The molecule has 3 saturated heterocycles. The van der Waals surface area contributed by atoms with Crippen LogP contribution in [0, 0.1) is 17.1 Å². The first-order valence-corrected chi connectivity index (χ1v) is 15.5. The quantitative estimate of drug-likeness (QED) is 0.378. The Kier molecular flexibility index (Phi) is 9.82. The maximum atomic E-state index is 15.3. The number of amides is 1. The number of morpholine rings is 1. The molecule has 0 saturated carbocycles. The van der Waals surface area contributed by atoms with Crippen molar-refractivity contribution in [2.45, 2.75) is 37.6 Å². The zero-order chi connectivity index (χ0) is 32.0. The minimum atomic E-state index is -1.62. The number of rotatable bonds is 8. The lowest BCUT2D eigenvalue weighted by molar-refractivity contribution is -0.138. The number of nitrogens with zero attached hydrogens (tertiary/aromatic N) is 7. The van der Waals surface area contributed by atoms with Crippen molar-refractivity contribution in [3.05, 3.63) is 54.1 Å². The summed E-state index contributed by atoms with van der Waals surface area (Å²) in [7, 11) is 0. The Morgan fingerprint density at radius 3 is 2.54 bits per heavy atom. The van der Waals surface area contributed by atoms with E-state index in [1.54, 1.807) is 0 Å². The summed E-state index contributed by atoms with van der Waals surface area (Å²) < 4.78 is 41.2. The van der Waals surface area contributed by atoms with Gasteiger partial charge in [-0.2, -0.15) is 10.2 Å². The van der Waals surface area contributed by atoms with E-state index in [9.17, 15) is 14.4 Å². The van der Waals surface area contributed by atoms with Gasteiger partial charge in [-0.25, -0.2) is 18.7 Å². The summed E-state index contributed by atoms with van der Waals surface area (Å²) in [4.78, 5) is 30.6. The number of halogens is 2. The van der Waals surface area contributed by atoms with Gasteiger partial charge in [0.25, 0.3) is 0 Å². The summed E-state index contributed by atoms with van der Waals surface area (Å²) in [6, 6.07) is 13.1. The number of benzene rings is 2. The molecule has 3 fully saturated rings. The van der Waals surface area contributed by atoms with Crippen LogP contribution in [-0.4, -0.2) is 113 Å². The molecule has 0 bridgehead atoms. The number of nitriles is 1. The SMILES string of the molecule is N#Cc1cc(-c2ncnc(Nc3ccc(N4CCC(N5CCOCC5)CC4)cc3)n2)cc(F)c1O[C@H]1CCN(C(=O)CO)C[C@H]1F. The summed E-state index contributed by atoms with van der Waals surface area (Å²) in [5.41, 5.74) is 2.00. The third kappa shape index (κ3) is 7.17. The molecule has 14 heteroatoms. The molecule has 12 nitrogen and oxygen atoms in total. The number of alkyl halides is 1. The van der Waals surface area contributed by atoms with Gasteiger partial charge in [-0.05, 0) is 49.2 Å². The number of piperidine rings is 2. The van der Waals surface area contributed by atoms with Crippen molar-refractivity contribution in [1.82, 2.24) is 24.8 Å². The van der Waals surface area contributed by atoms with Crippen LogP contribution in [0.4, 0.5) is 26.1 Å². The average molecular weight is 635 g/mol. The number of carbonyl (C=O) groups excluding carboxylic acids is 1. The molecule has 0 radical (unpaired) electrons. The van der Waals surface area contributed by atoms with Crippen molar-refractivity contribution in [1.29, 1.82) is 5.26 Å². The zero-order valence-electron chi connectivity index (χ0n) is 25.3. The molecule has 2 N–H and O–H groups in total. The summed E-state index contributed by atoms with van der Waals surface area (Å²) in [6.07, 6.45) is 0.943.